The van der Waals surface area contributed by atoms with Crippen molar-refractivity contribution in [2.24, 2.45) is 0 Å². The van der Waals surface area contributed by atoms with Gasteiger partial charge in [0, 0.05) is 5.02 Å². The summed E-state index contributed by atoms with van der Waals surface area (Å²) in [6, 6.07) is 8.31. The molecule has 1 aromatic carbocycles. The summed E-state index contributed by atoms with van der Waals surface area (Å²) in [6.07, 6.45) is 1.44. The van der Waals surface area contributed by atoms with Crippen molar-refractivity contribution in [2.75, 3.05) is 5.32 Å². The third kappa shape index (κ3) is 3.38. The van der Waals surface area contributed by atoms with Crippen LogP contribution in [0.5, 0.6) is 0 Å². The molecule has 0 unspecified atom stereocenters. The maximum absolute atomic E-state index is 11.9. The first-order valence-electron chi connectivity index (χ1n) is 6.67. The minimum Gasteiger partial charge on any atom is -0.358 e. The number of nitrogens with zero attached hydrogens (tertiary/aromatic N) is 5. The zero-order chi connectivity index (χ0) is 17.1. The van der Waals surface area contributed by atoms with E-state index in [0.717, 1.165) is 11.6 Å². The fourth-order valence-corrected chi connectivity index (χ4v) is 2.11. The number of anilines is 1. The van der Waals surface area contributed by atoms with E-state index in [1.54, 1.807) is 6.07 Å². The van der Waals surface area contributed by atoms with Gasteiger partial charge in [0.1, 0.15) is 6.33 Å². The van der Waals surface area contributed by atoms with Crippen LogP contribution in [0.1, 0.15) is 16.1 Å². The smallest absolute Gasteiger partial charge is 0.343 e. The number of carbonyl (C=O) groups is 1. The van der Waals surface area contributed by atoms with Crippen LogP contribution in [0.3, 0.4) is 0 Å². The summed E-state index contributed by atoms with van der Waals surface area (Å²) in [5.41, 5.74) is 0.717. The van der Waals surface area contributed by atoms with E-state index in [1.165, 1.54) is 11.0 Å². The van der Waals surface area contributed by atoms with Crippen molar-refractivity contribution in [2.45, 2.75) is 6.54 Å². The van der Waals surface area contributed by atoms with Crippen molar-refractivity contribution in [3.8, 4) is 0 Å². The van der Waals surface area contributed by atoms with Crippen molar-refractivity contribution in [3.05, 3.63) is 63.1 Å². The molecule has 0 atom stereocenters. The highest BCUT2D eigenvalue weighted by molar-refractivity contribution is 6.31. The van der Waals surface area contributed by atoms with Crippen molar-refractivity contribution in [1.82, 2.24) is 25.0 Å². The maximum atomic E-state index is 11.9. The number of rotatable bonds is 5. The summed E-state index contributed by atoms with van der Waals surface area (Å²) in [5.74, 6) is -0.982. The van der Waals surface area contributed by atoms with Gasteiger partial charge in [-0.15, -0.1) is 10.2 Å². The number of H-pyrrole nitrogens is 1. The van der Waals surface area contributed by atoms with Gasteiger partial charge in [0.15, 0.2) is 5.69 Å². The van der Waals surface area contributed by atoms with Crippen LogP contribution in [0, 0.1) is 10.1 Å². The number of aromatic nitrogens is 5. The lowest BCUT2D eigenvalue weighted by Crippen LogP contribution is -2.14. The van der Waals surface area contributed by atoms with Crippen LogP contribution in [-0.2, 0) is 6.54 Å². The molecule has 2 aromatic heterocycles. The molecule has 3 rings (SSSR count). The molecule has 0 radical (unpaired) electrons. The molecule has 10 nitrogen and oxygen atoms in total. The summed E-state index contributed by atoms with van der Waals surface area (Å²) in [7, 11) is 0. The zero-order valence-corrected chi connectivity index (χ0v) is 12.8. The summed E-state index contributed by atoms with van der Waals surface area (Å²) < 4.78 is 1.50. The summed E-state index contributed by atoms with van der Waals surface area (Å²) in [5, 5.41) is 23.4. The highest BCUT2D eigenvalue weighted by Crippen LogP contribution is 2.16. The second-order valence-electron chi connectivity index (χ2n) is 4.71. The first-order valence-corrected chi connectivity index (χ1v) is 7.05. The van der Waals surface area contributed by atoms with Crippen LogP contribution in [0.2, 0.25) is 5.02 Å². The highest BCUT2D eigenvalue weighted by atomic mass is 35.5. The first kappa shape index (κ1) is 15.6. The SMILES string of the molecule is O=C(Nc1ncn(Cc2ccccc2Cl)n1)c1cc([N+](=O)[O-])[nH]n1. The molecule has 0 saturated carbocycles. The number of aromatic amines is 1. The number of halogens is 1. The zero-order valence-electron chi connectivity index (χ0n) is 12.0. The fourth-order valence-electron chi connectivity index (χ4n) is 1.92. The molecule has 0 aliphatic heterocycles. The molecule has 11 heteroatoms. The third-order valence-corrected chi connectivity index (χ3v) is 3.41. The van der Waals surface area contributed by atoms with Crippen LogP contribution in [0.4, 0.5) is 11.8 Å². The van der Waals surface area contributed by atoms with Gasteiger partial charge in [-0.2, -0.15) is 0 Å². The van der Waals surface area contributed by atoms with E-state index in [0.29, 0.717) is 11.6 Å². The van der Waals surface area contributed by atoms with Crippen LogP contribution in [-0.4, -0.2) is 35.8 Å². The summed E-state index contributed by atoms with van der Waals surface area (Å²) >= 11 is 6.08. The highest BCUT2D eigenvalue weighted by Gasteiger charge is 2.17. The van der Waals surface area contributed by atoms with E-state index in [9.17, 15) is 14.9 Å². The topological polar surface area (TPSA) is 132 Å². The van der Waals surface area contributed by atoms with Crippen LogP contribution in [0.15, 0.2) is 36.7 Å². The molecule has 2 N–H and O–H groups in total. The lowest BCUT2D eigenvalue weighted by molar-refractivity contribution is -0.389. The summed E-state index contributed by atoms with van der Waals surface area (Å²) in [4.78, 5) is 25.8. The number of hydrogen-bond donors (Lipinski definition) is 2. The van der Waals surface area contributed by atoms with Crippen molar-refractivity contribution in [3.63, 3.8) is 0 Å². The minimum atomic E-state index is -0.680. The molecule has 0 spiro atoms. The molecule has 2 heterocycles. The van der Waals surface area contributed by atoms with Gasteiger partial charge < -0.3 is 10.1 Å². The van der Waals surface area contributed by atoms with Crippen LogP contribution in [0.25, 0.3) is 0 Å². The van der Waals surface area contributed by atoms with Gasteiger partial charge in [-0.1, -0.05) is 34.9 Å². The first-order chi connectivity index (χ1) is 11.5. The van der Waals surface area contributed by atoms with Gasteiger partial charge in [-0.25, -0.2) is 9.67 Å². The second kappa shape index (κ2) is 6.46. The number of hydrogen-bond acceptors (Lipinski definition) is 6. The maximum Gasteiger partial charge on any atom is 0.343 e. The predicted octanol–water partition coefficient (Wildman–Crippen LogP) is 1.86. The Morgan fingerprint density at radius 1 is 1.42 bits per heavy atom. The molecular weight excluding hydrogens is 338 g/mol. The Bertz CT molecular complexity index is 904. The molecular formula is C13H10ClN7O3. The minimum absolute atomic E-state index is 0.0534. The average molecular weight is 348 g/mol. The predicted molar refractivity (Wildman–Crippen MR) is 83.8 cm³/mol. The Morgan fingerprint density at radius 2 is 2.21 bits per heavy atom. The van der Waals surface area contributed by atoms with Gasteiger partial charge in [0.05, 0.1) is 12.6 Å². The Morgan fingerprint density at radius 3 is 2.92 bits per heavy atom. The summed E-state index contributed by atoms with van der Waals surface area (Å²) in [6.45, 7) is 0.385. The number of carbonyl (C=O) groups excluding carboxylic acids is 1. The number of nitro groups is 1. The van der Waals surface area contributed by atoms with Crippen LogP contribution >= 0.6 is 11.6 Å². The van der Waals surface area contributed by atoms with Gasteiger partial charge in [0.2, 0.25) is 5.95 Å². The van der Waals surface area contributed by atoms with Gasteiger partial charge in [0.25, 0.3) is 5.91 Å². The average Bonchev–Trinajstić information content (AvgIpc) is 3.19. The van der Waals surface area contributed by atoms with Gasteiger partial charge in [-0.05, 0) is 16.6 Å². The molecule has 0 aliphatic rings. The Hall–Kier alpha value is -3.27. The fraction of sp³-hybridized carbons (Fsp3) is 0.0769. The van der Waals surface area contributed by atoms with Crippen LogP contribution < -0.4 is 5.32 Å². The largest absolute Gasteiger partial charge is 0.358 e. The Balaban J connectivity index is 1.68. The Labute approximate surface area is 139 Å². The van der Waals surface area contributed by atoms with E-state index in [2.05, 4.69) is 25.6 Å². The Kier molecular flexibility index (Phi) is 4.20. The lowest BCUT2D eigenvalue weighted by Gasteiger charge is -2.03. The van der Waals surface area contributed by atoms with Crippen molar-refractivity contribution >= 4 is 29.3 Å². The monoisotopic (exact) mass is 347 g/mol. The van der Waals surface area contributed by atoms with Crippen molar-refractivity contribution in [1.29, 1.82) is 0 Å². The second-order valence-corrected chi connectivity index (χ2v) is 5.11. The number of amides is 1. The molecule has 0 aliphatic carbocycles. The molecule has 24 heavy (non-hydrogen) atoms. The van der Waals surface area contributed by atoms with E-state index < -0.39 is 10.8 Å². The molecule has 3 aromatic rings. The molecule has 0 bridgehead atoms. The quantitative estimate of drug-likeness (QED) is 0.534. The van der Waals surface area contributed by atoms with E-state index in [4.69, 9.17) is 11.6 Å². The van der Waals surface area contributed by atoms with Gasteiger partial charge >= 0.3 is 5.82 Å². The molecule has 0 saturated heterocycles. The molecule has 122 valence electrons. The van der Waals surface area contributed by atoms with Gasteiger partial charge in [-0.3, -0.25) is 10.1 Å². The normalized spacial score (nSPS) is 10.5. The van der Waals surface area contributed by atoms with E-state index in [1.807, 2.05) is 18.2 Å². The van der Waals surface area contributed by atoms with Crippen molar-refractivity contribution < 1.29 is 9.72 Å². The van der Waals surface area contributed by atoms with E-state index in [-0.39, 0.29) is 17.5 Å². The number of benzene rings is 1. The standard InChI is InChI=1S/C13H10ClN7O3/c14-9-4-2-1-3-8(9)6-20-7-15-13(19-20)16-12(22)10-5-11(18-17-10)21(23)24/h1-5,7H,6H2,(H,17,18)(H,16,19,22). The van der Waals surface area contributed by atoms with E-state index >= 15 is 0 Å². The molecule has 1 amide bonds. The molecule has 0 fully saturated rings. The number of nitrogens with one attached hydrogen (secondary N) is 2. The third-order valence-electron chi connectivity index (χ3n) is 3.05. The lowest BCUT2D eigenvalue weighted by atomic mass is 10.2.